The van der Waals surface area contributed by atoms with Gasteiger partial charge in [0.1, 0.15) is 17.0 Å². The first kappa shape index (κ1) is 14.3. The minimum atomic E-state index is -0.524. The van der Waals surface area contributed by atoms with E-state index in [1.165, 1.54) is 0 Å². The molecule has 0 radical (unpaired) electrons. The fourth-order valence-electron chi connectivity index (χ4n) is 3.53. The molecule has 120 valence electrons. The maximum Gasteiger partial charge on any atom is 0.356 e. The van der Waals surface area contributed by atoms with E-state index in [0.717, 1.165) is 48.5 Å². The van der Waals surface area contributed by atoms with Crippen molar-refractivity contribution in [2.24, 2.45) is 0 Å². The molecule has 2 N–H and O–H groups in total. The van der Waals surface area contributed by atoms with Crippen LogP contribution < -0.4 is 10.1 Å². The Morgan fingerprint density at radius 2 is 2.13 bits per heavy atom. The number of piperidine rings is 1. The Balaban J connectivity index is 1.91. The van der Waals surface area contributed by atoms with Gasteiger partial charge in [-0.25, -0.2) is 4.79 Å². The maximum atomic E-state index is 12.4. The first-order valence-corrected chi connectivity index (χ1v) is 8.00. The Kier molecular flexibility index (Phi) is 3.34. The molecule has 2 aromatic rings. The molecule has 0 aliphatic carbocycles. The molecule has 1 spiro atoms. The standard InChI is InChI=1S/C17H19N3O3/c1-2-22-16(21)15-13-14(19-20-15)11-5-3-4-6-12(11)23-17(13)7-9-18-10-8-17/h3-6,18H,2,7-10H2,1H3,(H,19,20). The van der Waals surface area contributed by atoms with Crippen molar-refractivity contribution >= 4 is 5.97 Å². The third-order valence-electron chi connectivity index (χ3n) is 4.56. The molecular weight excluding hydrogens is 294 g/mol. The van der Waals surface area contributed by atoms with E-state index in [-0.39, 0.29) is 5.97 Å². The predicted octanol–water partition coefficient (Wildman–Crippen LogP) is 2.22. The largest absolute Gasteiger partial charge is 0.482 e. The third-order valence-corrected chi connectivity index (χ3v) is 4.56. The summed E-state index contributed by atoms with van der Waals surface area (Å²) in [6, 6.07) is 7.83. The van der Waals surface area contributed by atoms with Crippen LogP contribution in [0.4, 0.5) is 0 Å². The highest BCUT2D eigenvalue weighted by molar-refractivity contribution is 5.92. The molecule has 2 aliphatic rings. The second-order valence-corrected chi connectivity index (χ2v) is 5.89. The number of hydrogen-bond donors (Lipinski definition) is 2. The number of fused-ring (bicyclic) bond motifs is 4. The molecule has 3 heterocycles. The molecule has 1 aromatic heterocycles. The first-order valence-electron chi connectivity index (χ1n) is 8.00. The minimum absolute atomic E-state index is 0.332. The highest BCUT2D eigenvalue weighted by Gasteiger charge is 2.46. The lowest BCUT2D eigenvalue weighted by Gasteiger charge is -2.41. The van der Waals surface area contributed by atoms with Gasteiger partial charge < -0.3 is 14.8 Å². The van der Waals surface area contributed by atoms with Crippen LogP contribution in [0.25, 0.3) is 11.3 Å². The van der Waals surface area contributed by atoms with E-state index in [2.05, 4.69) is 15.5 Å². The van der Waals surface area contributed by atoms with E-state index in [9.17, 15) is 4.79 Å². The number of aromatic amines is 1. The third kappa shape index (κ3) is 2.13. The van der Waals surface area contributed by atoms with Crippen LogP contribution in [0, 0.1) is 0 Å². The molecule has 1 saturated heterocycles. The van der Waals surface area contributed by atoms with Gasteiger partial charge in [-0.15, -0.1) is 0 Å². The molecule has 6 nitrogen and oxygen atoms in total. The van der Waals surface area contributed by atoms with E-state index in [0.29, 0.717) is 12.3 Å². The van der Waals surface area contributed by atoms with Crippen molar-refractivity contribution in [1.82, 2.24) is 15.5 Å². The number of nitrogens with one attached hydrogen (secondary N) is 2. The number of hydrogen-bond acceptors (Lipinski definition) is 5. The van der Waals surface area contributed by atoms with Crippen LogP contribution in [0.1, 0.15) is 35.8 Å². The first-order chi connectivity index (χ1) is 11.2. The SMILES string of the molecule is CCOC(=O)c1[nH]nc2c1C1(CCNCC1)Oc1ccccc1-2. The summed E-state index contributed by atoms with van der Waals surface area (Å²) in [5.41, 5.74) is 2.45. The number of nitrogens with zero attached hydrogens (tertiary/aromatic N) is 1. The number of para-hydroxylation sites is 1. The number of esters is 1. The summed E-state index contributed by atoms with van der Waals surface area (Å²) in [6.07, 6.45) is 1.58. The number of ether oxygens (including phenoxy) is 2. The average Bonchev–Trinajstić information content (AvgIpc) is 3.03. The van der Waals surface area contributed by atoms with Gasteiger partial charge in [0.2, 0.25) is 0 Å². The van der Waals surface area contributed by atoms with Gasteiger partial charge in [0.05, 0.1) is 12.2 Å². The van der Waals surface area contributed by atoms with E-state index in [1.54, 1.807) is 6.92 Å². The van der Waals surface area contributed by atoms with Crippen molar-refractivity contribution in [2.75, 3.05) is 19.7 Å². The molecule has 0 saturated carbocycles. The highest BCUT2D eigenvalue weighted by Crippen LogP contribution is 2.49. The zero-order valence-electron chi connectivity index (χ0n) is 13.0. The van der Waals surface area contributed by atoms with Gasteiger partial charge in [-0.3, -0.25) is 5.10 Å². The number of carbonyl (C=O) groups is 1. The average molecular weight is 313 g/mol. The van der Waals surface area contributed by atoms with Crippen LogP contribution in [-0.2, 0) is 10.3 Å². The number of rotatable bonds is 2. The summed E-state index contributed by atoms with van der Waals surface area (Å²) in [5.74, 6) is 0.450. The normalized spacial score (nSPS) is 18.0. The van der Waals surface area contributed by atoms with Crippen molar-refractivity contribution in [1.29, 1.82) is 0 Å². The Hall–Kier alpha value is -2.34. The molecule has 0 unspecified atom stereocenters. The molecule has 6 heteroatoms. The lowest BCUT2D eigenvalue weighted by molar-refractivity contribution is 0.0268. The van der Waals surface area contributed by atoms with Crippen LogP contribution >= 0.6 is 0 Å². The zero-order chi connectivity index (χ0) is 15.9. The van der Waals surface area contributed by atoms with Crippen LogP contribution in [0.3, 0.4) is 0 Å². The smallest absolute Gasteiger partial charge is 0.356 e. The molecule has 1 fully saturated rings. The van der Waals surface area contributed by atoms with Gasteiger partial charge in [0.25, 0.3) is 0 Å². The molecule has 2 aliphatic heterocycles. The van der Waals surface area contributed by atoms with Crippen molar-refractivity contribution in [3.05, 3.63) is 35.5 Å². The lowest BCUT2D eigenvalue weighted by Crippen LogP contribution is -2.46. The summed E-state index contributed by atoms with van der Waals surface area (Å²) in [6.45, 7) is 3.82. The summed E-state index contributed by atoms with van der Waals surface area (Å²) in [5, 5.41) is 10.7. The van der Waals surface area contributed by atoms with Gasteiger partial charge in [0, 0.05) is 18.4 Å². The van der Waals surface area contributed by atoms with Crippen molar-refractivity contribution in [3.8, 4) is 17.0 Å². The Bertz CT molecular complexity index is 747. The van der Waals surface area contributed by atoms with Gasteiger partial charge in [-0.05, 0) is 32.1 Å². The molecule has 1 aromatic carbocycles. The summed E-state index contributed by atoms with van der Waals surface area (Å²) in [4.78, 5) is 12.4. The summed E-state index contributed by atoms with van der Waals surface area (Å²) < 4.78 is 11.6. The van der Waals surface area contributed by atoms with Crippen LogP contribution in [0.2, 0.25) is 0 Å². The monoisotopic (exact) mass is 313 g/mol. The number of H-pyrrole nitrogens is 1. The molecule has 0 atom stereocenters. The van der Waals surface area contributed by atoms with Crippen LogP contribution in [0.15, 0.2) is 24.3 Å². The van der Waals surface area contributed by atoms with Crippen molar-refractivity contribution in [2.45, 2.75) is 25.4 Å². The molecule has 23 heavy (non-hydrogen) atoms. The Morgan fingerprint density at radius 3 is 2.91 bits per heavy atom. The van der Waals surface area contributed by atoms with E-state index in [4.69, 9.17) is 9.47 Å². The predicted molar refractivity (Wildman–Crippen MR) is 84.4 cm³/mol. The molecule has 0 amide bonds. The summed E-state index contributed by atoms with van der Waals surface area (Å²) >= 11 is 0. The second-order valence-electron chi connectivity index (χ2n) is 5.89. The van der Waals surface area contributed by atoms with Crippen molar-refractivity contribution < 1.29 is 14.3 Å². The van der Waals surface area contributed by atoms with Crippen LogP contribution in [0.5, 0.6) is 5.75 Å². The minimum Gasteiger partial charge on any atom is -0.482 e. The quantitative estimate of drug-likeness (QED) is 0.832. The number of carbonyl (C=O) groups excluding carboxylic acids is 1. The van der Waals surface area contributed by atoms with Crippen molar-refractivity contribution in [3.63, 3.8) is 0 Å². The molecule has 4 rings (SSSR count). The highest BCUT2D eigenvalue weighted by atomic mass is 16.5. The number of aromatic nitrogens is 2. The Labute approximate surface area is 134 Å². The van der Waals surface area contributed by atoms with Gasteiger partial charge in [-0.2, -0.15) is 5.10 Å². The number of benzene rings is 1. The second kappa shape index (κ2) is 5.38. The van der Waals surface area contributed by atoms with E-state index >= 15 is 0 Å². The van der Waals surface area contributed by atoms with E-state index in [1.807, 2.05) is 24.3 Å². The van der Waals surface area contributed by atoms with Gasteiger partial charge >= 0.3 is 5.97 Å². The van der Waals surface area contributed by atoms with Gasteiger partial charge in [-0.1, -0.05) is 12.1 Å². The van der Waals surface area contributed by atoms with Gasteiger partial charge in [0.15, 0.2) is 5.69 Å². The summed E-state index contributed by atoms with van der Waals surface area (Å²) in [7, 11) is 0. The van der Waals surface area contributed by atoms with Crippen LogP contribution in [-0.4, -0.2) is 35.9 Å². The maximum absolute atomic E-state index is 12.4. The fourth-order valence-corrected chi connectivity index (χ4v) is 3.53. The Morgan fingerprint density at radius 1 is 1.35 bits per heavy atom. The fraction of sp³-hybridized carbons (Fsp3) is 0.412. The topological polar surface area (TPSA) is 76.2 Å². The molecular formula is C17H19N3O3. The molecule has 0 bridgehead atoms. The lowest BCUT2D eigenvalue weighted by atomic mass is 9.80. The van der Waals surface area contributed by atoms with E-state index < -0.39 is 5.60 Å². The zero-order valence-corrected chi connectivity index (χ0v) is 13.0.